The number of amides is 1. The van der Waals surface area contributed by atoms with Gasteiger partial charge in [0.1, 0.15) is 11.9 Å². The number of carbonyl (C=O) groups excluding carboxylic acids is 1. The van der Waals surface area contributed by atoms with E-state index in [2.05, 4.69) is 5.32 Å². The quantitative estimate of drug-likeness (QED) is 0.847. The zero-order valence-corrected chi connectivity index (χ0v) is 10.9. The first-order valence-corrected chi connectivity index (χ1v) is 5.68. The Hall–Kier alpha value is -1.95. The molecule has 0 fully saturated rings. The van der Waals surface area contributed by atoms with Gasteiger partial charge in [0.2, 0.25) is 5.91 Å². The van der Waals surface area contributed by atoms with Crippen molar-refractivity contribution in [1.82, 2.24) is 5.32 Å². The van der Waals surface area contributed by atoms with Crippen LogP contribution in [-0.2, 0) is 14.3 Å². The van der Waals surface area contributed by atoms with Crippen molar-refractivity contribution in [2.24, 2.45) is 0 Å². The molecule has 0 saturated carbocycles. The monoisotopic (exact) mass is 269 g/mol. The molecule has 2 N–H and O–H groups in total. The SMILES string of the molecule is COC(C)C(=O)NC(C(=O)O)c1ccc(F)c(C)c1. The van der Waals surface area contributed by atoms with E-state index in [0.717, 1.165) is 0 Å². The van der Waals surface area contributed by atoms with Gasteiger partial charge >= 0.3 is 5.97 Å². The summed E-state index contributed by atoms with van der Waals surface area (Å²) in [5.74, 6) is -2.19. The summed E-state index contributed by atoms with van der Waals surface area (Å²) in [6.45, 7) is 3.03. The Morgan fingerprint density at radius 1 is 1.42 bits per heavy atom. The van der Waals surface area contributed by atoms with E-state index in [0.29, 0.717) is 11.1 Å². The van der Waals surface area contributed by atoms with Crippen molar-refractivity contribution >= 4 is 11.9 Å². The van der Waals surface area contributed by atoms with Crippen LogP contribution in [0.1, 0.15) is 24.1 Å². The van der Waals surface area contributed by atoms with Gasteiger partial charge in [-0.3, -0.25) is 4.79 Å². The van der Waals surface area contributed by atoms with Crippen LogP contribution >= 0.6 is 0 Å². The number of carbonyl (C=O) groups is 2. The van der Waals surface area contributed by atoms with E-state index >= 15 is 0 Å². The summed E-state index contributed by atoms with van der Waals surface area (Å²) < 4.78 is 18.0. The summed E-state index contributed by atoms with van der Waals surface area (Å²) in [5, 5.41) is 11.5. The molecule has 2 unspecified atom stereocenters. The van der Waals surface area contributed by atoms with Crippen LogP contribution < -0.4 is 5.32 Å². The van der Waals surface area contributed by atoms with E-state index < -0.39 is 29.8 Å². The molecule has 1 aromatic carbocycles. The third-order valence-corrected chi connectivity index (χ3v) is 2.77. The molecule has 0 saturated heterocycles. The van der Waals surface area contributed by atoms with E-state index in [9.17, 15) is 14.0 Å². The maximum atomic E-state index is 13.2. The van der Waals surface area contributed by atoms with Gasteiger partial charge in [-0.2, -0.15) is 0 Å². The van der Waals surface area contributed by atoms with Gasteiger partial charge in [-0.05, 0) is 31.0 Å². The molecule has 5 nitrogen and oxygen atoms in total. The first-order chi connectivity index (χ1) is 8.86. The predicted octanol–water partition coefficient (Wildman–Crippen LogP) is 1.41. The topological polar surface area (TPSA) is 75.6 Å². The lowest BCUT2D eigenvalue weighted by Gasteiger charge is -2.18. The fraction of sp³-hybridized carbons (Fsp3) is 0.385. The van der Waals surface area contributed by atoms with E-state index in [1.807, 2.05) is 0 Å². The van der Waals surface area contributed by atoms with Gasteiger partial charge in [0.25, 0.3) is 0 Å². The number of halogens is 1. The highest BCUT2D eigenvalue weighted by atomic mass is 19.1. The number of ether oxygens (including phenoxy) is 1. The van der Waals surface area contributed by atoms with Crippen molar-refractivity contribution in [3.8, 4) is 0 Å². The van der Waals surface area contributed by atoms with Gasteiger partial charge in [0, 0.05) is 7.11 Å². The fourth-order valence-electron chi connectivity index (χ4n) is 1.50. The number of carboxylic acids is 1. The van der Waals surface area contributed by atoms with Gasteiger partial charge < -0.3 is 15.2 Å². The lowest BCUT2D eigenvalue weighted by Crippen LogP contribution is -2.39. The number of carboxylic acid groups (broad SMARTS) is 1. The molecule has 0 heterocycles. The molecule has 6 heteroatoms. The molecule has 0 aliphatic carbocycles. The number of nitrogens with one attached hydrogen (secondary N) is 1. The maximum absolute atomic E-state index is 13.2. The van der Waals surface area contributed by atoms with E-state index in [-0.39, 0.29) is 0 Å². The Morgan fingerprint density at radius 3 is 2.53 bits per heavy atom. The summed E-state index contributed by atoms with van der Waals surface area (Å²) in [6, 6.07) is 2.67. The maximum Gasteiger partial charge on any atom is 0.330 e. The molecule has 0 radical (unpaired) electrons. The van der Waals surface area contributed by atoms with E-state index in [4.69, 9.17) is 9.84 Å². The van der Waals surface area contributed by atoms with Crippen molar-refractivity contribution in [3.63, 3.8) is 0 Å². The minimum absolute atomic E-state index is 0.308. The zero-order chi connectivity index (χ0) is 14.6. The first kappa shape index (κ1) is 15.1. The average Bonchev–Trinajstić information content (AvgIpc) is 2.37. The molecular formula is C13H16FNO4. The summed E-state index contributed by atoms with van der Waals surface area (Å²) in [6.07, 6.45) is -0.761. The van der Waals surface area contributed by atoms with Crippen LogP contribution in [-0.4, -0.2) is 30.2 Å². The number of hydrogen-bond acceptors (Lipinski definition) is 3. The molecule has 1 aromatic rings. The number of aryl methyl sites for hydroxylation is 1. The number of hydrogen-bond donors (Lipinski definition) is 2. The van der Waals surface area contributed by atoms with Crippen LogP contribution in [0.2, 0.25) is 0 Å². The molecule has 0 spiro atoms. The van der Waals surface area contributed by atoms with E-state index in [1.165, 1.54) is 39.2 Å². The molecule has 0 aromatic heterocycles. The van der Waals surface area contributed by atoms with Crippen molar-refractivity contribution < 1.29 is 23.8 Å². The normalized spacial score (nSPS) is 13.7. The molecule has 0 bridgehead atoms. The molecule has 104 valence electrons. The predicted molar refractivity (Wildman–Crippen MR) is 66.1 cm³/mol. The summed E-state index contributed by atoms with van der Waals surface area (Å²) >= 11 is 0. The van der Waals surface area contributed by atoms with Crippen molar-refractivity contribution in [1.29, 1.82) is 0 Å². The summed E-state index contributed by atoms with van der Waals surface area (Å²) in [7, 11) is 1.35. The lowest BCUT2D eigenvalue weighted by atomic mass is 10.0. The number of aliphatic carboxylic acids is 1. The standard InChI is InChI=1S/C13H16FNO4/c1-7-6-9(4-5-10(7)14)11(13(17)18)15-12(16)8(2)19-3/h4-6,8,11H,1-3H3,(H,15,16)(H,17,18). The fourth-order valence-corrected chi connectivity index (χ4v) is 1.50. The minimum atomic E-state index is -1.23. The largest absolute Gasteiger partial charge is 0.479 e. The molecule has 1 rings (SSSR count). The van der Waals surface area contributed by atoms with Gasteiger partial charge in [0.05, 0.1) is 0 Å². The third kappa shape index (κ3) is 3.75. The Balaban J connectivity index is 2.98. The molecule has 0 aliphatic heterocycles. The summed E-state index contributed by atoms with van der Waals surface area (Å²) in [5.41, 5.74) is 0.626. The summed E-state index contributed by atoms with van der Waals surface area (Å²) in [4.78, 5) is 22.8. The van der Waals surface area contributed by atoms with Crippen LogP contribution in [0.15, 0.2) is 18.2 Å². The van der Waals surface area contributed by atoms with Gasteiger partial charge in [0.15, 0.2) is 6.04 Å². The minimum Gasteiger partial charge on any atom is -0.479 e. The zero-order valence-electron chi connectivity index (χ0n) is 10.9. The van der Waals surface area contributed by atoms with Crippen LogP contribution in [0.3, 0.4) is 0 Å². The molecule has 1 amide bonds. The average molecular weight is 269 g/mol. The number of methoxy groups -OCH3 is 1. The second-order valence-corrected chi connectivity index (χ2v) is 4.17. The highest BCUT2D eigenvalue weighted by Crippen LogP contribution is 2.17. The second kappa shape index (κ2) is 6.29. The van der Waals surface area contributed by atoms with E-state index in [1.54, 1.807) is 0 Å². The highest BCUT2D eigenvalue weighted by molar-refractivity contribution is 5.86. The highest BCUT2D eigenvalue weighted by Gasteiger charge is 2.24. The Labute approximate surface area is 110 Å². The molecule has 19 heavy (non-hydrogen) atoms. The number of benzene rings is 1. The molecule has 2 atom stereocenters. The van der Waals surface area contributed by atoms with Crippen molar-refractivity contribution in [3.05, 3.63) is 35.1 Å². The van der Waals surface area contributed by atoms with Gasteiger partial charge in [-0.15, -0.1) is 0 Å². The molecular weight excluding hydrogens is 253 g/mol. The van der Waals surface area contributed by atoms with Crippen LogP contribution in [0.4, 0.5) is 4.39 Å². The van der Waals surface area contributed by atoms with Crippen LogP contribution in [0.5, 0.6) is 0 Å². The second-order valence-electron chi connectivity index (χ2n) is 4.17. The number of rotatable bonds is 5. The van der Waals surface area contributed by atoms with Crippen molar-refractivity contribution in [2.45, 2.75) is 26.0 Å². The Kier molecular flexibility index (Phi) is 5.00. The Morgan fingerprint density at radius 2 is 2.05 bits per heavy atom. The third-order valence-electron chi connectivity index (χ3n) is 2.77. The van der Waals surface area contributed by atoms with Gasteiger partial charge in [-0.25, -0.2) is 9.18 Å². The lowest BCUT2D eigenvalue weighted by molar-refractivity contribution is -0.143. The first-order valence-electron chi connectivity index (χ1n) is 5.68. The van der Waals surface area contributed by atoms with Crippen LogP contribution in [0, 0.1) is 12.7 Å². The molecule has 0 aliphatic rings. The van der Waals surface area contributed by atoms with Crippen LogP contribution in [0.25, 0.3) is 0 Å². The van der Waals surface area contributed by atoms with Crippen molar-refractivity contribution in [2.75, 3.05) is 7.11 Å². The van der Waals surface area contributed by atoms with Gasteiger partial charge in [-0.1, -0.05) is 12.1 Å². The Bertz CT molecular complexity index is 490. The smallest absolute Gasteiger partial charge is 0.330 e.